The Kier molecular flexibility index (Phi) is 20.0. The summed E-state index contributed by atoms with van der Waals surface area (Å²) in [7, 11) is 0. The third-order valence-electron chi connectivity index (χ3n) is 9.46. The molecule has 38 heavy (non-hydrogen) atoms. The molecule has 0 bridgehead atoms. The minimum absolute atomic E-state index is 0.0476. The second kappa shape index (κ2) is 21.7. The van der Waals surface area contributed by atoms with Crippen LogP contribution in [0.15, 0.2) is 0 Å². The van der Waals surface area contributed by atoms with Gasteiger partial charge >= 0.3 is 11.9 Å². The topological polar surface area (TPSA) is 52.6 Å². The van der Waals surface area contributed by atoms with Crippen LogP contribution in [0.4, 0.5) is 0 Å². The Balaban J connectivity index is 2.12. The normalized spacial score (nSPS) is 20.9. The lowest BCUT2D eigenvalue weighted by molar-refractivity contribution is -0.155. The molecule has 0 N–H and O–H groups in total. The molecule has 0 radical (unpaired) electrons. The second-order valence-electron chi connectivity index (χ2n) is 12.8. The van der Waals surface area contributed by atoms with E-state index in [1.54, 1.807) is 0 Å². The highest BCUT2D eigenvalue weighted by atomic mass is 16.5. The van der Waals surface area contributed by atoms with Crippen LogP contribution < -0.4 is 0 Å². The minimum Gasteiger partial charge on any atom is -0.465 e. The molecule has 0 aromatic rings. The molecule has 4 unspecified atom stereocenters. The molecular formula is C34H64O4. The summed E-state index contributed by atoms with van der Waals surface area (Å²) in [4.78, 5) is 25.1. The van der Waals surface area contributed by atoms with E-state index in [1.807, 2.05) is 0 Å². The number of esters is 2. The van der Waals surface area contributed by atoms with Crippen molar-refractivity contribution >= 4 is 11.9 Å². The van der Waals surface area contributed by atoms with Crippen LogP contribution >= 0.6 is 0 Å². The molecule has 4 heteroatoms. The van der Waals surface area contributed by atoms with Gasteiger partial charge in [0.1, 0.15) is 0 Å². The first kappa shape index (κ1) is 35.0. The first-order valence-electron chi connectivity index (χ1n) is 16.6. The van der Waals surface area contributed by atoms with Crippen LogP contribution in [-0.4, -0.2) is 25.2 Å². The van der Waals surface area contributed by atoms with Crippen molar-refractivity contribution in [1.29, 1.82) is 0 Å². The average Bonchev–Trinajstić information content (AvgIpc) is 2.93. The maximum absolute atomic E-state index is 12.5. The maximum Gasteiger partial charge on any atom is 0.308 e. The lowest BCUT2D eigenvalue weighted by Gasteiger charge is -2.26. The van der Waals surface area contributed by atoms with Gasteiger partial charge in [0, 0.05) is 0 Å². The third kappa shape index (κ3) is 15.5. The highest BCUT2D eigenvalue weighted by molar-refractivity contribution is 5.75. The third-order valence-corrected chi connectivity index (χ3v) is 9.46. The van der Waals surface area contributed by atoms with Gasteiger partial charge in [0.25, 0.3) is 0 Å². The highest BCUT2D eigenvalue weighted by Gasteiger charge is 2.31. The summed E-state index contributed by atoms with van der Waals surface area (Å²) in [6, 6.07) is 0. The van der Waals surface area contributed by atoms with Crippen LogP contribution in [0.25, 0.3) is 0 Å². The van der Waals surface area contributed by atoms with Gasteiger partial charge in [-0.05, 0) is 75.0 Å². The molecule has 0 spiro atoms. The zero-order valence-corrected chi connectivity index (χ0v) is 26.2. The summed E-state index contributed by atoms with van der Waals surface area (Å²) in [5, 5.41) is 0. The first-order chi connectivity index (χ1) is 18.3. The van der Waals surface area contributed by atoms with E-state index in [4.69, 9.17) is 9.47 Å². The summed E-state index contributed by atoms with van der Waals surface area (Å²) in [6.07, 6.45) is 20.4. The standard InChI is InChI=1S/C34H64O4/c1-7-9-11-13-17-27(3)29(5)19-15-25-37-33(35)31-21-23-32(24-22-31)34(36)38-26-16-20-30(6)28(4)18-14-12-10-8-2/h27-32H,7-26H2,1-6H3. The molecule has 0 amide bonds. The van der Waals surface area contributed by atoms with E-state index in [-0.39, 0.29) is 23.8 Å². The number of carbonyl (C=O) groups is 2. The Morgan fingerprint density at radius 1 is 0.526 bits per heavy atom. The monoisotopic (exact) mass is 536 g/mol. The first-order valence-corrected chi connectivity index (χ1v) is 16.6. The summed E-state index contributed by atoms with van der Waals surface area (Å²) in [6.45, 7) is 15.0. The average molecular weight is 537 g/mol. The fourth-order valence-corrected chi connectivity index (χ4v) is 5.88. The molecule has 4 atom stereocenters. The van der Waals surface area contributed by atoms with Crippen LogP contribution in [0.1, 0.15) is 157 Å². The van der Waals surface area contributed by atoms with Crippen molar-refractivity contribution in [3.63, 3.8) is 0 Å². The fraction of sp³-hybridized carbons (Fsp3) is 0.941. The smallest absolute Gasteiger partial charge is 0.308 e. The van der Waals surface area contributed by atoms with Gasteiger partial charge in [-0.25, -0.2) is 0 Å². The Morgan fingerprint density at radius 2 is 0.842 bits per heavy atom. The van der Waals surface area contributed by atoms with Crippen molar-refractivity contribution in [3.8, 4) is 0 Å². The van der Waals surface area contributed by atoms with E-state index in [0.29, 0.717) is 25.0 Å². The molecule has 1 saturated carbocycles. The molecule has 0 heterocycles. The van der Waals surface area contributed by atoms with Crippen LogP contribution in [0.3, 0.4) is 0 Å². The number of hydrogen-bond donors (Lipinski definition) is 0. The SMILES string of the molecule is CCCCCCC(C)C(C)CCCOC(=O)C1CCC(C(=O)OCCCC(C)C(C)CCCCCC)CC1. The molecule has 4 nitrogen and oxygen atoms in total. The highest BCUT2D eigenvalue weighted by Crippen LogP contribution is 2.31. The van der Waals surface area contributed by atoms with E-state index in [1.165, 1.54) is 64.2 Å². The Bertz CT molecular complexity index is 543. The molecule has 0 aromatic carbocycles. The number of hydrogen-bond acceptors (Lipinski definition) is 4. The Hall–Kier alpha value is -1.06. The number of carbonyl (C=O) groups excluding carboxylic acids is 2. The molecule has 1 rings (SSSR count). The zero-order chi connectivity index (χ0) is 28.2. The van der Waals surface area contributed by atoms with Crippen molar-refractivity contribution in [2.24, 2.45) is 35.5 Å². The summed E-state index contributed by atoms with van der Waals surface area (Å²) < 4.78 is 11.2. The fourth-order valence-electron chi connectivity index (χ4n) is 5.88. The van der Waals surface area contributed by atoms with Gasteiger partial charge in [-0.3, -0.25) is 9.59 Å². The molecule has 1 fully saturated rings. The minimum atomic E-state index is -0.0603. The largest absolute Gasteiger partial charge is 0.465 e. The van der Waals surface area contributed by atoms with Crippen LogP contribution in [0.2, 0.25) is 0 Å². The van der Waals surface area contributed by atoms with E-state index in [2.05, 4.69) is 41.5 Å². The van der Waals surface area contributed by atoms with Crippen LogP contribution in [0.5, 0.6) is 0 Å². The van der Waals surface area contributed by atoms with Gasteiger partial charge in [0.2, 0.25) is 0 Å². The van der Waals surface area contributed by atoms with Crippen molar-refractivity contribution < 1.29 is 19.1 Å². The number of unbranched alkanes of at least 4 members (excludes halogenated alkanes) is 6. The van der Waals surface area contributed by atoms with Crippen molar-refractivity contribution in [3.05, 3.63) is 0 Å². The molecule has 1 aliphatic rings. The lowest BCUT2D eigenvalue weighted by Crippen LogP contribution is -2.28. The maximum atomic E-state index is 12.5. The lowest BCUT2D eigenvalue weighted by atomic mass is 9.82. The number of rotatable bonds is 22. The van der Waals surface area contributed by atoms with Gasteiger partial charge in [-0.15, -0.1) is 0 Å². The summed E-state index contributed by atoms with van der Waals surface area (Å²) in [5.74, 6) is 2.62. The molecule has 1 aliphatic carbocycles. The van der Waals surface area contributed by atoms with E-state index < -0.39 is 0 Å². The molecule has 224 valence electrons. The summed E-state index contributed by atoms with van der Waals surface area (Å²) >= 11 is 0. The molecule has 0 aliphatic heterocycles. The Labute approximate surface area is 236 Å². The van der Waals surface area contributed by atoms with Gasteiger partial charge in [-0.2, -0.15) is 0 Å². The van der Waals surface area contributed by atoms with E-state index in [9.17, 15) is 9.59 Å². The summed E-state index contributed by atoms with van der Waals surface area (Å²) in [5.41, 5.74) is 0. The van der Waals surface area contributed by atoms with Crippen molar-refractivity contribution in [2.75, 3.05) is 13.2 Å². The molecular weight excluding hydrogens is 472 g/mol. The van der Waals surface area contributed by atoms with Crippen LogP contribution in [0, 0.1) is 35.5 Å². The van der Waals surface area contributed by atoms with Gasteiger partial charge in [0.15, 0.2) is 0 Å². The molecule has 0 aromatic heterocycles. The van der Waals surface area contributed by atoms with Crippen molar-refractivity contribution in [2.45, 2.75) is 157 Å². The zero-order valence-electron chi connectivity index (χ0n) is 26.2. The predicted octanol–water partition coefficient (Wildman–Crippen LogP) is 9.92. The van der Waals surface area contributed by atoms with Crippen molar-refractivity contribution in [1.82, 2.24) is 0 Å². The van der Waals surface area contributed by atoms with Gasteiger partial charge in [0.05, 0.1) is 25.0 Å². The predicted molar refractivity (Wildman–Crippen MR) is 160 cm³/mol. The van der Waals surface area contributed by atoms with Crippen LogP contribution in [-0.2, 0) is 19.1 Å². The molecule has 0 saturated heterocycles. The quantitative estimate of drug-likeness (QED) is 0.102. The number of ether oxygens (including phenoxy) is 2. The van der Waals surface area contributed by atoms with E-state index >= 15 is 0 Å². The van der Waals surface area contributed by atoms with Gasteiger partial charge in [-0.1, -0.05) is 106 Å². The van der Waals surface area contributed by atoms with Gasteiger partial charge < -0.3 is 9.47 Å². The second-order valence-corrected chi connectivity index (χ2v) is 12.8. The van der Waals surface area contributed by atoms with E-state index in [0.717, 1.165) is 63.2 Å². The Morgan fingerprint density at radius 3 is 1.16 bits per heavy atom.